The van der Waals surface area contributed by atoms with E-state index in [2.05, 4.69) is 0 Å². The van der Waals surface area contributed by atoms with Crippen molar-refractivity contribution in [2.24, 2.45) is 5.14 Å². The number of ether oxygens (including phenoxy) is 1. The number of phenols is 1. The molecule has 15 heavy (non-hydrogen) atoms. The van der Waals surface area contributed by atoms with Gasteiger partial charge in [0, 0.05) is 6.07 Å². The lowest BCUT2D eigenvalue weighted by Crippen LogP contribution is -2.15. The van der Waals surface area contributed by atoms with Crippen molar-refractivity contribution in [3.05, 3.63) is 18.2 Å². The molecule has 0 bridgehead atoms. The first-order valence-corrected chi connectivity index (χ1v) is 5.88. The molecule has 1 aromatic carbocycles. The summed E-state index contributed by atoms with van der Waals surface area (Å²) in [5, 5.41) is 14.2. The summed E-state index contributed by atoms with van der Waals surface area (Å²) in [6.07, 6.45) is -0.202. The number of aromatic hydroxyl groups is 1. The fraction of sp³-hybridized carbons (Fsp3) is 0.333. The number of phenolic OH excluding ortho intramolecular Hbond substituents is 1. The maximum atomic E-state index is 11.2. The summed E-state index contributed by atoms with van der Waals surface area (Å²) in [5.74, 6) is -0.00875. The summed E-state index contributed by atoms with van der Waals surface area (Å²) < 4.78 is 27.6. The van der Waals surface area contributed by atoms with Crippen molar-refractivity contribution >= 4 is 10.0 Å². The molecule has 0 aliphatic heterocycles. The van der Waals surface area contributed by atoms with E-state index in [1.807, 2.05) is 0 Å². The molecule has 0 radical (unpaired) electrons. The van der Waals surface area contributed by atoms with Crippen LogP contribution in [0.25, 0.3) is 0 Å². The Balaban J connectivity index is 3.27. The molecule has 0 saturated carbocycles. The summed E-state index contributed by atoms with van der Waals surface area (Å²) in [5.41, 5.74) is 0. The van der Waals surface area contributed by atoms with Crippen LogP contribution in [0.15, 0.2) is 23.1 Å². The first-order chi connectivity index (χ1) is 6.80. The predicted molar refractivity (Wildman–Crippen MR) is 55.2 cm³/mol. The zero-order valence-corrected chi connectivity index (χ0v) is 9.28. The zero-order chi connectivity index (χ0) is 11.6. The Morgan fingerprint density at radius 1 is 1.40 bits per heavy atom. The molecule has 3 N–H and O–H groups in total. The standard InChI is InChI=1S/C9H13NO4S/c1-6(2)14-8-5-7(11)3-4-9(8)15(10,12)13/h3-6,11H,1-2H3,(H2,10,12,13). The maximum Gasteiger partial charge on any atom is 0.241 e. The van der Waals surface area contributed by atoms with E-state index < -0.39 is 10.0 Å². The van der Waals surface area contributed by atoms with Gasteiger partial charge in [-0.15, -0.1) is 0 Å². The largest absolute Gasteiger partial charge is 0.508 e. The van der Waals surface area contributed by atoms with Crippen molar-refractivity contribution < 1.29 is 18.3 Å². The molecule has 84 valence electrons. The van der Waals surface area contributed by atoms with Gasteiger partial charge >= 0.3 is 0 Å². The Morgan fingerprint density at radius 2 is 2.00 bits per heavy atom. The lowest BCUT2D eigenvalue weighted by Gasteiger charge is -2.13. The Kier molecular flexibility index (Phi) is 3.21. The van der Waals surface area contributed by atoms with E-state index in [4.69, 9.17) is 9.88 Å². The average molecular weight is 231 g/mol. The highest BCUT2D eigenvalue weighted by Gasteiger charge is 2.16. The molecule has 0 aromatic heterocycles. The molecule has 6 heteroatoms. The van der Waals surface area contributed by atoms with E-state index in [0.717, 1.165) is 0 Å². The second kappa shape index (κ2) is 4.08. The zero-order valence-electron chi connectivity index (χ0n) is 8.47. The van der Waals surface area contributed by atoms with Gasteiger partial charge in [-0.25, -0.2) is 13.6 Å². The number of nitrogens with two attached hydrogens (primary N) is 1. The molecular formula is C9H13NO4S. The molecular weight excluding hydrogens is 218 g/mol. The predicted octanol–water partition coefficient (Wildman–Crippen LogP) is 0.827. The van der Waals surface area contributed by atoms with Crippen LogP contribution in [0.2, 0.25) is 0 Å². The lowest BCUT2D eigenvalue weighted by molar-refractivity contribution is 0.235. The highest BCUT2D eigenvalue weighted by Crippen LogP contribution is 2.27. The van der Waals surface area contributed by atoms with Gasteiger partial charge in [0.25, 0.3) is 0 Å². The minimum Gasteiger partial charge on any atom is -0.508 e. The van der Waals surface area contributed by atoms with Gasteiger partial charge in [-0.05, 0) is 26.0 Å². The first-order valence-electron chi connectivity index (χ1n) is 4.33. The van der Waals surface area contributed by atoms with E-state index in [0.29, 0.717) is 0 Å². The summed E-state index contributed by atoms with van der Waals surface area (Å²) in [7, 11) is -3.83. The molecule has 0 heterocycles. The quantitative estimate of drug-likeness (QED) is 0.806. The van der Waals surface area contributed by atoms with Crippen molar-refractivity contribution in [2.75, 3.05) is 0 Å². The van der Waals surface area contributed by atoms with Crippen LogP contribution in [-0.4, -0.2) is 19.6 Å². The molecule has 0 aliphatic rings. The SMILES string of the molecule is CC(C)Oc1cc(O)ccc1S(N)(=O)=O. The minimum absolute atomic E-state index is 0.0625. The van der Waals surface area contributed by atoms with Gasteiger partial charge in [0.05, 0.1) is 6.10 Å². The van der Waals surface area contributed by atoms with Crippen molar-refractivity contribution in [2.45, 2.75) is 24.8 Å². The van der Waals surface area contributed by atoms with Crippen LogP contribution in [-0.2, 0) is 10.0 Å². The molecule has 5 nitrogen and oxygen atoms in total. The Hall–Kier alpha value is -1.27. The molecule has 0 aliphatic carbocycles. The fourth-order valence-electron chi connectivity index (χ4n) is 1.08. The lowest BCUT2D eigenvalue weighted by atomic mass is 10.3. The van der Waals surface area contributed by atoms with E-state index in [-0.39, 0.29) is 22.5 Å². The van der Waals surface area contributed by atoms with E-state index in [1.54, 1.807) is 13.8 Å². The van der Waals surface area contributed by atoms with Crippen molar-refractivity contribution in [3.8, 4) is 11.5 Å². The minimum atomic E-state index is -3.83. The van der Waals surface area contributed by atoms with Crippen LogP contribution in [0.3, 0.4) is 0 Å². The van der Waals surface area contributed by atoms with Gasteiger partial charge < -0.3 is 9.84 Å². The summed E-state index contributed by atoms with van der Waals surface area (Å²) in [6, 6.07) is 3.68. The Labute approximate surface area is 88.5 Å². The number of sulfonamides is 1. The van der Waals surface area contributed by atoms with Gasteiger partial charge in [-0.2, -0.15) is 0 Å². The highest BCUT2D eigenvalue weighted by atomic mass is 32.2. The average Bonchev–Trinajstić information content (AvgIpc) is 1.99. The molecule has 0 fully saturated rings. The number of hydrogen-bond donors (Lipinski definition) is 2. The van der Waals surface area contributed by atoms with Crippen molar-refractivity contribution in [1.82, 2.24) is 0 Å². The van der Waals surface area contributed by atoms with Crippen LogP contribution < -0.4 is 9.88 Å². The number of primary sulfonamides is 1. The van der Waals surface area contributed by atoms with Crippen LogP contribution >= 0.6 is 0 Å². The molecule has 0 unspecified atom stereocenters. The summed E-state index contributed by atoms with van der Waals surface area (Å²) >= 11 is 0. The third kappa shape index (κ3) is 3.10. The highest BCUT2D eigenvalue weighted by molar-refractivity contribution is 7.89. The Bertz CT molecular complexity index is 453. The van der Waals surface area contributed by atoms with E-state index in [1.165, 1.54) is 18.2 Å². The molecule has 1 aromatic rings. The molecule has 0 amide bonds. The number of hydrogen-bond acceptors (Lipinski definition) is 4. The second-order valence-corrected chi connectivity index (χ2v) is 4.87. The fourth-order valence-corrected chi connectivity index (χ4v) is 1.72. The molecule has 1 rings (SSSR count). The van der Waals surface area contributed by atoms with Crippen LogP contribution in [0.4, 0.5) is 0 Å². The summed E-state index contributed by atoms with van der Waals surface area (Å²) in [4.78, 5) is -0.131. The van der Waals surface area contributed by atoms with E-state index in [9.17, 15) is 13.5 Å². The van der Waals surface area contributed by atoms with Gasteiger partial charge in [0.1, 0.15) is 16.4 Å². The topological polar surface area (TPSA) is 89.6 Å². The van der Waals surface area contributed by atoms with Gasteiger partial charge in [-0.3, -0.25) is 0 Å². The summed E-state index contributed by atoms with van der Waals surface area (Å²) in [6.45, 7) is 3.49. The van der Waals surface area contributed by atoms with E-state index >= 15 is 0 Å². The molecule has 0 saturated heterocycles. The molecule has 0 spiro atoms. The third-order valence-electron chi connectivity index (χ3n) is 1.60. The van der Waals surface area contributed by atoms with Crippen molar-refractivity contribution in [1.29, 1.82) is 0 Å². The number of benzene rings is 1. The molecule has 0 atom stereocenters. The maximum absolute atomic E-state index is 11.2. The third-order valence-corrected chi connectivity index (χ3v) is 2.55. The monoisotopic (exact) mass is 231 g/mol. The smallest absolute Gasteiger partial charge is 0.241 e. The van der Waals surface area contributed by atoms with Gasteiger partial charge in [0.15, 0.2) is 0 Å². The van der Waals surface area contributed by atoms with Gasteiger partial charge in [0.2, 0.25) is 10.0 Å². The first kappa shape index (κ1) is 11.8. The van der Waals surface area contributed by atoms with Gasteiger partial charge in [-0.1, -0.05) is 0 Å². The number of rotatable bonds is 3. The van der Waals surface area contributed by atoms with Crippen LogP contribution in [0.1, 0.15) is 13.8 Å². The van der Waals surface area contributed by atoms with Crippen LogP contribution in [0, 0.1) is 0 Å². The van der Waals surface area contributed by atoms with Crippen LogP contribution in [0.5, 0.6) is 11.5 Å². The Morgan fingerprint density at radius 3 is 2.47 bits per heavy atom. The normalized spacial score (nSPS) is 11.7. The second-order valence-electron chi connectivity index (χ2n) is 3.34. The van der Waals surface area contributed by atoms with Crippen molar-refractivity contribution in [3.63, 3.8) is 0 Å².